The van der Waals surface area contributed by atoms with E-state index >= 15 is 0 Å². The molecular weight excluding hydrogens is 228 g/mol. The minimum Gasteiger partial charge on any atom is -0.487 e. The van der Waals surface area contributed by atoms with Crippen LogP contribution >= 0.6 is 0 Å². The maximum Gasteiger partial charge on any atom is 0.134 e. The Labute approximate surface area is 107 Å². The van der Waals surface area contributed by atoms with Gasteiger partial charge in [0.25, 0.3) is 0 Å². The normalized spacial score (nSPS) is 12.4. The van der Waals surface area contributed by atoms with Crippen molar-refractivity contribution >= 4 is 0 Å². The summed E-state index contributed by atoms with van der Waals surface area (Å²) in [5, 5.41) is 7.12. The molecule has 96 valence electrons. The molecule has 4 nitrogen and oxygen atoms in total. The summed E-state index contributed by atoms with van der Waals surface area (Å²) in [5.41, 5.74) is 1.94. The summed E-state index contributed by atoms with van der Waals surface area (Å²) in [7, 11) is 1.93. The maximum absolute atomic E-state index is 5.80. The van der Waals surface area contributed by atoms with Crippen LogP contribution in [0.3, 0.4) is 0 Å². The second-order valence-corrected chi connectivity index (χ2v) is 4.27. The number of hydrogen-bond donors (Lipinski definition) is 1. The number of rotatable bonds is 5. The monoisotopic (exact) mass is 246 g/mol. The zero-order valence-corrected chi connectivity index (χ0v) is 10.9. The fourth-order valence-electron chi connectivity index (χ4n) is 1.76. The average Bonchev–Trinajstić information content (AvgIpc) is 2.81. The molecule has 0 spiro atoms. The molecule has 0 saturated carbocycles. The Morgan fingerprint density at radius 2 is 2.17 bits per heavy atom. The number of aromatic nitrogens is 1. The summed E-state index contributed by atoms with van der Waals surface area (Å²) in [4.78, 5) is 0. The number of hydrogen-bond acceptors (Lipinski definition) is 4. The first-order valence-electron chi connectivity index (χ1n) is 6.02. The number of ether oxygens (including phenoxy) is 1. The third-order valence-electron chi connectivity index (χ3n) is 2.87. The number of nitrogens with zero attached hydrogens (tertiary/aromatic N) is 1. The summed E-state index contributed by atoms with van der Waals surface area (Å²) >= 11 is 0. The van der Waals surface area contributed by atoms with E-state index in [1.807, 2.05) is 38.2 Å². The number of nitrogens with one attached hydrogen (secondary N) is 1. The minimum absolute atomic E-state index is 0.250. The van der Waals surface area contributed by atoms with Gasteiger partial charge in [0.15, 0.2) is 0 Å². The van der Waals surface area contributed by atoms with Crippen molar-refractivity contribution in [3.63, 3.8) is 0 Å². The topological polar surface area (TPSA) is 47.3 Å². The molecule has 1 heterocycles. The lowest BCUT2D eigenvalue weighted by atomic mass is 10.1. The molecule has 1 atom stereocenters. The van der Waals surface area contributed by atoms with Gasteiger partial charge in [0, 0.05) is 17.7 Å². The van der Waals surface area contributed by atoms with E-state index in [1.165, 1.54) is 0 Å². The second kappa shape index (κ2) is 5.69. The Hall–Kier alpha value is -1.81. The lowest BCUT2D eigenvalue weighted by Crippen LogP contribution is -2.13. The molecular formula is C14H18N2O2. The molecule has 1 unspecified atom stereocenters. The second-order valence-electron chi connectivity index (χ2n) is 4.27. The van der Waals surface area contributed by atoms with Crippen molar-refractivity contribution in [2.45, 2.75) is 26.5 Å². The Bertz CT molecular complexity index is 508. The van der Waals surface area contributed by atoms with E-state index in [1.54, 1.807) is 0 Å². The maximum atomic E-state index is 5.80. The summed E-state index contributed by atoms with van der Waals surface area (Å²) < 4.78 is 10.8. The predicted octanol–water partition coefficient (Wildman–Crippen LogP) is 2.84. The van der Waals surface area contributed by atoms with Crippen molar-refractivity contribution in [1.82, 2.24) is 10.5 Å². The predicted molar refractivity (Wildman–Crippen MR) is 69.5 cm³/mol. The first-order chi connectivity index (χ1) is 8.70. The highest BCUT2D eigenvalue weighted by molar-refractivity contribution is 5.35. The van der Waals surface area contributed by atoms with Crippen molar-refractivity contribution in [2.24, 2.45) is 0 Å². The van der Waals surface area contributed by atoms with Crippen LogP contribution in [0.1, 0.15) is 30.0 Å². The van der Waals surface area contributed by atoms with Crippen molar-refractivity contribution in [3.8, 4) is 5.75 Å². The van der Waals surface area contributed by atoms with Crippen LogP contribution in [0.5, 0.6) is 5.75 Å². The van der Waals surface area contributed by atoms with E-state index in [2.05, 4.69) is 23.5 Å². The zero-order valence-electron chi connectivity index (χ0n) is 10.9. The third-order valence-corrected chi connectivity index (χ3v) is 2.87. The van der Waals surface area contributed by atoms with Gasteiger partial charge in [-0.15, -0.1) is 0 Å². The highest BCUT2D eigenvalue weighted by Crippen LogP contribution is 2.25. The SMILES string of the molecule is CNC(C)c1ccccc1OCc1cc(C)on1. The molecule has 4 heteroatoms. The first kappa shape index (κ1) is 12.6. The van der Waals surface area contributed by atoms with Crippen LogP contribution in [0.25, 0.3) is 0 Å². The Balaban J connectivity index is 2.09. The molecule has 1 N–H and O–H groups in total. The molecule has 0 radical (unpaired) electrons. The fourth-order valence-corrected chi connectivity index (χ4v) is 1.76. The van der Waals surface area contributed by atoms with Gasteiger partial charge in [0.2, 0.25) is 0 Å². The first-order valence-corrected chi connectivity index (χ1v) is 6.02. The molecule has 0 saturated heterocycles. The van der Waals surface area contributed by atoms with E-state index in [9.17, 15) is 0 Å². The fraction of sp³-hybridized carbons (Fsp3) is 0.357. The smallest absolute Gasteiger partial charge is 0.134 e. The van der Waals surface area contributed by atoms with Crippen LogP contribution in [-0.2, 0) is 6.61 Å². The third kappa shape index (κ3) is 2.90. The van der Waals surface area contributed by atoms with Crippen molar-refractivity contribution in [2.75, 3.05) is 7.05 Å². The summed E-state index contributed by atoms with van der Waals surface area (Å²) in [6, 6.07) is 10.1. The lowest BCUT2D eigenvalue weighted by molar-refractivity contribution is 0.283. The standard InChI is InChI=1S/C14H18N2O2/c1-10-8-12(16-18-10)9-17-14-7-5-4-6-13(14)11(2)15-3/h4-8,11,15H,9H2,1-3H3. The van der Waals surface area contributed by atoms with Crippen LogP contribution in [-0.4, -0.2) is 12.2 Å². The van der Waals surface area contributed by atoms with Crippen LogP contribution in [0.2, 0.25) is 0 Å². The average molecular weight is 246 g/mol. The molecule has 18 heavy (non-hydrogen) atoms. The molecule has 2 rings (SSSR count). The Morgan fingerprint density at radius 1 is 1.39 bits per heavy atom. The van der Waals surface area contributed by atoms with Gasteiger partial charge < -0.3 is 14.6 Å². The molecule has 0 aliphatic rings. The van der Waals surface area contributed by atoms with Crippen LogP contribution < -0.4 is 10.1 Å². The Kier molecular flexibility index (Phi) is 3.99. The highest BCUT2D eigenvalue weighted by atomic mass is 16.5. The molecule has 0 bridgehead atoms. The van der Waals surface area contributed by atoms with E-state index < -0.39 is 0 Å². The van der Waals surface area contributed by atoms with E-state index in [0.717, 1.165) is 22.8 Å². The molecule has 0 aliphatic heterocycles. The molecule has 0 aliphatic carbocycles. The molecule has 1 aromatic carbocycles. The van der Waals surface area contributed by atoms with E-state index in [-0.39, 0.29) is 6.04 Å². The van der Waals surface area contributed by atoms with Gasteiger partial charge in [-0.1, -0.05) is 23.4 Å². The van der Waals surface area contributed by atoms with Crippen LogP contribution in [0.15, 0.2) is 34.9 Å². The van der Waals surface area contributed by atoms with E-state index in [0.29, 0.717) is 6.61 Å². The van der Waals surface area contributed by atoms with Gasteiger partial charge in [-0.2, -0.15) is 0 Å². The van der Waals surface area contributed by atoms with E-state index in [4.69, 9.17) is 9.26 Å². The van der Waals surface area contributed by atoms with Crippen LogP contribution in [0.4, 0.5) is 0 Å². The van der Waals surface area contributed by atoms with Crippen molar-refractivity contribution in [3.05, 3.63) is 47.3 Å². The quantitative estimate of drug-likeness (QED) is 0.881. The molecule has 0 fully saturated rings. The molecule has 2 aromatic rings. The van der Waals surface area contributed by atoms with Gasteiger partial charge >= 0.3 is 0 Å². The van der Waals surface area contributed by atoms with Gasteiger partial charge in [-0.25, -0.2) is 0 Å². The Morgan fingerprint density at radius 3 is 2.83 bits per heavy atom. The number of benzene rings is 1. The number of aryl methyl sites for hydroxylation is 1. The summed E-state index contributed by atoms with van der Waals surface area (Å²) in [6.45, 7) is 4.39. The number of para-hydroxylation sites is 1. The van der Waals surface area contributed by atoms with Gasteiger partial charge in [0.05, 0.1) is 0 Å². The van der Waals surface area contributed by atoms with Gasteiger partial charge in [-0.05, 0) is 27.0 Å². The van der Waals surface area contributed by atoms with Crippen molar-refractivity contribution < 1.29 is 9.26 Å². The van der Waals surface area contributed by atoms with Crippen molar-refractivity contribution in [1.29, 1.82) is 0 Å². The highest BCUT2D eigenvalue weighted by Gasteiger charge is 2.10. The lowest BCUT2D eigenvalue weighted by Gasteiger charge is -2.15. The summed E-state index contributed by atoms with van der Waals surface area (Å²) in [5.74, 6) is 1.67. The zero-order chi connectivity index (χ0) is 13.0. The molecule has 0 amide bonds. The molecule has 1 aromatic heterocycles. The summed E-state index contributed by atoms with van der Waals surface area (Å²) in [6.07, 6.45) is 0. The van der Waals surface area contributed by atoms with Gasteiger partial charge in [0.1, 0.15) is 23.8 Å². The largest absolute Gasteiger partial charge is 0.487 e. The van der Waals surface area contributed by atoms with Crippen LogP contribution in [0, 0.1) is 6.92 Å². The minimum atomic E-state index is 0.250. The van der Waals surface area contributed by atoms with Gasteiger partial charge in [-0.3, -0.25) is 0 Å².